The molecule has 1 fully saturated rings. The van der Waals surface area contributed by atoms with Crippen LogP contribution in [0.1, 0.15) is 24.8 Å². The standard InChI is InChI=1S/C18H20ClN3O2/c19-15-11-20-18(21-12-15)24-16-9-10-22(13-16)17(23)8-4-7-14-5-2-1-3-6-14/h1-3,5-6,11-12,16H,4,7-10,13H2. The second-order valence-electron chi connectivity index (χ2n) is 5.89. The molecule has 1 aliphatic rings. The summed E-state index contributed by atoms with van der Waals surface area (Å²) in [5.41, 5.74) is 1.27. The molecule has 6 heteroatoms. The van der Waals surface area contributed by atoms with Crippen molar-refractivity contribution in [2.45, 2.75) is 31.8 Å². The van der Waals surface area contributed by atoms with E-state index in [2.05, 4.69) is 22.1 Å². The minimum Gasteiger partial charge on any atom is -0.458 e. The number of benzene rings is 1. The lowest BCUT2D eigenvalue weighted by atomic mass is 10.1. The van der Waals surface area contributed by atoms with E-state index in [1.54, 1.807) is 0 Å². The maximum absolute atomic E-state index is 12.3. The van der Waals surface area contributed by atoms with Crippen LogP contribution in [0.5, 0.6) is 6.01 Å². The summed E-state index contributed by atoms with van der Waals surface area (Å²) in [6.45, 7) is 1.32. The van der Waals surface area contributed by atoms with Crippen molar-refractivity contribution in [3.8, 4) is 6.01 Å². The molecule has 1 aliphatic heterocycles. The molecule has 1 saturated heterocycles. The molecule has 24 heavy (non-hydrogen) atoms. The van der Waals surface area contributed by atoms with Gasteiger partial charge in [-0.2, -0.15) is 0 Å². The first kappa shape index (κ1) is 16.7. The Bertz CT molecular complexity index is 664. The minimum absolute atomic E-state index is 0.0516. The molecule has 1 aromatic heterocycles. The van der Waals surface area contributed by atoms with Crippen molar-refractivity contribution in [2.75, 3.05) is 13.1 Å². The highest BCUT2D eigenvalue weighted by Gasteiger charge is 2.27. The summed E-state index contributed by atoms with van der Waals surface area (Å²) in [6.07, 6.45) is 6.13. The summed E-state index contributed by atoms with van der Waals surface area (Å²) in [5.74, 6) is 0.189. The second-order valence-corrected chi connectivity index (χ2v) is 6.33. The zero-order chi connectivity index (χ0) is 16.8. The number of carbonyl (C=O) groups excluding carboxylic acids is 1. The molecular formula is C18H20ClN3O2. The van der Waals surface area contributed by atoms with Crippen molar-refractivity contribution in [3.63, 3.8) is 0 Å². The van der Waals surface area contributed by atoms with E-state index in [0.717, 1.165) is 25.8 Å². The fourth-order valence-corrected chi connectivity index (χ4v) is 2.91. The lowest BCUT2D eigenvalue weighted by Gasteiger charge is -2.16. The smallest absolute Gasteiger partial charge is 0.316 e. The number of hydrogen-bond donors (Lipinski definition) is 0. The molecule has 0 bridgehead atoms. The number of aromatic nitrogens is 2. The van der Waals surface area contributed by atoms with Gasteiger partial charge in [0.05, 0.1) is 24.0 Å². The Balaban J connectivity index is 1.41. The molecule has 1 aromatic carbocycles. The molecule has 0 spiro atoms. The van der Waals surface area contributed by atoms with Crippen LogP contribution in [0.4, 0.5) is 0 Å². The van der Waals surface area contributed by atoms with Crippen LogP contribution in [-0.2, 0) is 11.2 Å². The van der Waals surface area contributed by atoms with Gasteiger partial charge < -0.3 is 9.64 Å². The van der Waals surface area contributed by atoms with E-state index < -0.39 is 0 Å². The van der Waals surface area contributed by atoms with Crippen LogP contribution in [0.15, 0.2) is 42.7 Å². The fraction of sp³-hybridized carbons (Fsp3) is 0.389. The average Bonchev–Trinajstić information content (AvgIpc) is 3.06. The van der Waals surface area contributed by atoms with Gasteiger partial charge in [0, 0.05) is 19.4 Å². The molecule has 0 aliphatic carbocycles. The highest BCUT2D eigenvalue weighted by molar-refractivity contribution is 6.30. The Kier molecular flexibility index (Phi) is 5.64. The molecule has 1 atom stereocenters. The van der Waals surface area contributed by atoms with E-state index in [1.807, 2.05) is 23.1 Å². The molecule has 1 unspecified atom stereocenters. The predicted octanol–water partition coefficient (Wildman–Crippen LogP) is 3.13. The number of rotatable bonds is 6. The molecule has 1 amide bonds. The van der Waals surface area contributed by atoms with E-state index in [0.29, 0.717) is 24.0 Å². The molecule has 2 aromatic rings. The zero-order valence-corrected chi connectivity index (χ0v) is 14.2. The van der Waals surface area contributed by atoms with E-state index in [1.165, 1.54) is 18.0 Å². The van der Waals surface area contributed by atoms with Gasteiger partial charge in [-0.25, -0.2) is 9.97 Å². The maximum atomic E-state index is 12.3. The third kappa shape index (κ3) is 4.68. The van der Waals surface area contributed by atoms with Crippen LogP contribution in [-0.4, -0.2) is 40.0 Å². The molecule has 0 radical (unpaired) electrons. The summed E-state index contributed by atoms with van der Waals surface area (Å²) in [5, 5.41) is 0.476. The summed E-state index contributed by atoms with van der Waals surface area (Å²) >= 11 is 5.75. The SMILES string of the molecule is O=C(CCCc1ccccc1)N1CCC(Oc2ncc(Cl)cn2)C1. The fourth-order valence-electron chi connectivity index (χ4n) is 2.81. The monoisotopic (exact) mass is 345 g/mol. The molecule has 5 nitrogen and oxygen atoms in total. The van der Waals surface area contributed by atoms with Crippen molar-refractivity contribution >= 4 is 17.5 Å². The van der Waals surface area contributed by atoms with E-state index in [4.69, 9.17) is 16.3 Å². The van der Waals surface area contributed by atoms with Crippen LogP contribution in [0.2, 0.25) is 5.02 Å². The van der Waals surface area contributed by atoms with Crippen LogP contribution < -0.4 is 4.74 Å². The number of hydrogen-bond acceptors (Lipinski definition) is 4. The maximum Gasteiger partial charge on any atom is 0.316 e. The van der Waals surface area contributed by atoms with Crippen LogP contribution in [0, 0.1) is 0 Å². The molecule has 3 rings (SSSR count). The number of likely N-dealkylation sites (tertiary alicyclic amines) is 1. The van der Waals surface area contributed by atoms with Gasteiger partial charge in [0.1, 0.15) is 6.10 Å². The van der Waals surface area contributed by atoms with Crippen LogP contribution in [0.3, 0.4) is 0 Å². The molecular weight excluding hydrogens is 326 g/mol. The average molecular weight is 346 g/mol. The minimum atomic E-state index is -0.0516. The van der Waals surface area contributed by atoms with Gasteiger partial charge in [0.15, 0.2) is 0 Å². The van der Waals surface area contributed by atoms with E-state index in [9.17, 15) is 4.79 Å². The quantitative estimate of drug-likeness (QED) is 0.807. The number of ether oxygens (including phenoxy) is 1. The first-order valence-electron chi connectivity index (χ1n) is 8.16. The number of halogens is 1. The van der Waals surface area contributed by atoms with Crippen LogP contribution in [0.25, 0.3) is 0 Å². The Morgan fingerprint density at radius 3 is 2.75 bits per heavy atom. The van der Waals surface area contributed by atoms with Gasteiger partial charge in [-0.3, -0.25) is 4.79 Å². The lowest BCUT2D eigenvalue weighted by Crippen LogP contribution is -2.31. The largest absolute Gasteiger partial charge is 0.458 e. The lowest BCUT2D eigenvalue weighted by molar-refractivity contribution is -0.130. The summed E-state index contributed by atoms with van der Waals surface area (Å²) in [4.78, 5) is 22.2. The van der Waals surface area contributed by atoms with Crippen molar-refractivity contribution in [1.29, 1.82) is 0 Å². The van der Waals surface area contributed by atoms with Crippen molar-refractivity contribution in [3.05, 3.63) is 53.3 Å². The molecule has 126 valence electrons. The summed E-state index contributed by atoms with van der Waals surface area (Å²) in [6, 6.07) is 10.6. The highest BCUT2D eigenvalue weighted by atomic mass is 35.5. The van der Waals surface area contributed by atoms with Crippen molar-refractivity contribution in [1.82, 2.24) is 14.9 Å². The van der Waals surface area contributed by atoms with Gasteiger partial charge in [-0.05, 0) is 18.4 Å². The zero-order valence-electron chi connectivity index (χ0n) is 13.4. The van der Waals surface area contributed by atoms with Gasteiger partial charge in [0.2, 0.25) is 5.91 Å². The van der Waals surface area contributed by atoms with Crippen molar-refractivity contribution in [2.24, 2.45) is 0 Å². The number of carbonyl (C=O) groups is 1. The highest BCUT2D eigenvalue weighted by Crippen LogP contribution is 2.17. The molecule has 0 N–H and O–H groups in total. The second kappa shape index (κ2) is 8.11. The Hall–Kier alpha value is -2.14. The number of nitrogens with zero attached hydrogens (tertiary/aromatic N) is 3. The van der Waals surface area contributed by atoms with E-state index >= 15 is 0 Å². The summed E-state index contributed by atoms with van der Waals surface area (Å²) in [7, 11) is 0. The van der Waals surface area contributed by atoms with Gasteiger partial charge in [-0.15, -0.1) is 0 Å². The van der Waals surface area contributed by atoms with Crippen LogP contribution >= 0.6 is 11.6 Å². The molecule has 0 saturated carbocycles. The predicted molar refractivity (Wildman–Crippen MR) is 92.0 cm³/mol. The number of amides is 1. The van der Waals surface area contributed by atoms with Gasteiger partial charge in [-0.1, -0.05) is 41.9 Å². The molecule has 2 heterocycles. The summed E-state index contributed by atoms with van der Waals surface area (Å²) < 4.78 is 5.71. The Morgan fingerprint density at radius 2 is 2.00 bits per heavy atom. The first-order valence-corrected chi connectivity index (χ1v) is 8.54. The number of aryl methyl sites for hydroxylation is 1. The normalized spacial score (nSPS) is 17.0. The van der Waals surface area contributed by atoms with Gasteiger partial charge >= 0.3 is 6.01 Å². The third-order valence-corrected chi connectivity index (χ3v) is 4.26. The topological polar surface area (TPSA) is 55.3 Å². The van der Waals surface area contributed by atoms with Gasteiger partial charge in [0.25, 0.3) is 0 Å². The Labute approximate surface area is 146 Å². The Morgan fingerprint density at radius 1 is 1.25 bits per heavy atom. The third-order valence-electron chi connectivity index (χ3n) is 4.07. The first-order chi connectivity index (χ1) is 11.7. The van der Waals surface area contributed by atoms with E-state index in [-0.39, 0.29) is 12.0 Å². The van der Waals surface area contributed by atoms with Crippen molar-refractivity contribution < 1.29 is 9.53 Å².